The first-order valence-electron chi connectivity index (χ1n) is 4.96. The van der Waals surface area contributed by atoms with Gasteiger partial charge in [-0.2, -0.15) is 0 Å². The van der Waals surface area contributed by atoms with Crippen LogP contribution in [0.15, 0.2) is 0 Å². The quantitative estimate of drug-likeness (QED) is 0.595. The van der Waals surface area contributed by atoms with Gasteiger partial charge in [0.2, 0.25) is 0 Å². The third-order valence-corrected chi connectivity index (χ3v) is 2.85. The fourth-order valence-corrected chi connectivity index (χ4v) is 2.14. The Balaban J connectivity index is 1.65. The van der Waals surface area contributed by atoms with E-state index in [1.54, 1.807) is 0 Å². The second-order valence-corrected chi connectivity index (χ2v) is 4.08. The summed E-state index contributed by atoms with van der Waals surface area (Å²) in [5.41, 5.74) is 0. The van der Waals surface area contributed by atoms with Crippen molar-refractivity contribution in [3.8, 4) is 0 Å². The maximum absolute atomic E-state index is 9.09. The number of nitrogens with one attached hydrogen (secondary N) is 1. The van der Waals surface area contributed by atoms with Crippen LogP contribution in [-0.4, -0.2) is 48.8 Å². The number of hydrogen-bond acceptors (Lipinski definition) is 3. The summed E-state index contributed by atoms with van der Waals surface area (Å²) in [6, 6.07) is 0. The van der Waals surface area contributed by atoms with Gasteiger partial charge in [0, 0.05) is 19.6 Å². The van der Waals surface area contributed by atoms with Gasteiger partial charge in [0.1, 0.15) is 0 Å². The molecular weight excluding hydrogens is 152 g/mol. The molecule has 2 saturated heterocycles. The van der Waals surface area contributed by atoms with Crippen LogP contribution in [0.25, 0.3) is 0 Å². The van der Waals surface area contributed by atoms with Crippen molar-refractivity contribution in [3.63, 3.8) is 0 Å². The van der Waals surface area contributed by atoms with Crippen molar-refractivity contribution >= 4 is 0 Å². The van der Waals surface area contributed by atoms with Crippen LogP contribution in [-0.2, 0) is 0 Å². The van der Waals surface area contributed by atoms with Crippen molar-refractivity contribution < 1.29 is 5.11 Å². The summed E-state index contributed by atoms with van der Waals surface area (Å²) in [6.45, 7) is 5.35. The summed E-state index contributed by atoms with van der Waals surface area (Å²) in [5, 5.41) is 12.5. The lowest BCUT2D eigenvalue weighted by molar-refractivity contribution is -0.00828. The molecule has 2 N–H and O–H groups in total. The number of nitrogens with zero attached hydrogens (tertiary/aromatic N) is 1. The first-order valence-corrected chi connectivity index (χ1v) is 4.96. The van der Waals surface area contributed by atoms with E-state index in [1.807, 2.05) is 0 Å². The normalized spacial score (nSPS) is 33.2. The highest BCUT2D eigenvalue weighted by Crippen LogP contribution is 2.15. The SMILES string of the molecule is OC1CN(CC2CCCNC2)C1. The lowest BCUT2D eigenvalue weighted by Crippen LogP contribution is -2.53. The zero-order valence-corrected chi connectivity index (χ0v) is 7.50. The summed E-state index contributed by atoms with van der Waals surface area (Å²) in [7, 11) is 0. The Morgan fingerprint density at radius 3 is 2.83 bits per heavy atom. The second-order valence-electron chi connectivity index (χ2n) is 4.08. The molecule has 2 fully saturated rings. The van der Waals surface area contributed by atoms with E-state index >= 15 is 0 Å². The Labute approximate surface area is 73.8 Å². The molecule has 12 heavy (non-hydrogen) atoms. The minimum Gasteiger partial charge on any atom is -0.390 e. The molecule has 70 valence electrons. The number of piperidine rings is 1. The first-order chi connectivity index (χ1) is 5.84. The minimum absolute atomic E-state index is 0.0402. The van der Waals surface area contributed by atoms with E-state index in [1.165, 1.54) is 32.5 Å². The fourth-order valence-electron chi connectivity index (χ4n) is 2.14. The molecule has 2 aliphatic heterocycles. The number of rotatable bonds is 2. The van der Waals surface area contributed by atoms with E-state index in [2.05, 4.69) is 10.2 Å². The molecule has 3 nitrogen and oxygen atoms in total. The number of β-amino-alcohol motifs (C(OH)–C–C–N with tert-alkyl or cyclic N) is 1. The second kappa shape index (κ2) is 3.73. The number of aliphatic hydroxyl groups excluding tert-OH is 1. The van der Waals surface area contributed by atoms with Gasteiger partial charge in [-0.25, -0.2) is 0 Å². The van der Waals surface area contributed by atoms with Crippen LogP contribution >= 0.6 is 0 Å². The molecule has 0 saturated carbocycles. The third-order valence-electron chi connectivity index (χ3n) is 2.85. The van der Waals surface area contributed by atoms with Gasteiger partial charge >= 0.3 is 0 Å². The third kappa shape index (κ3) is 1.97. The fraction of sp³-hybridized carbons (Fsp3) is 1.00. The molecule has 1 atom stereocenters. The highest BCUT2D eigenvalue weighted by molar-refractivity contribution is 4.82. The van der Waals surface area contributed by atoms with Crippen LogP contribution in [0.4, 0.5) is 0 Å². The largest absolute Gasteiger partial charge is 0.390 e. The van der Waals surface area contributed by atoms with Crippen LogP contribution in [0.3, 0.4) is 0 Å². The lowest BCUT2D eigenvalue weighted by atomic mass is 9.97. The molecule has 2 aliphatic rings. The van der Waals surface area contributed by atoms with Crippen LogP contribution in [0.2, 0.25) is 0 Å². The van der Waals surface area contributed by atoms with Gasteiger partial charge in [-0.1, -0.05) is 0 Å². The Bertz CT molecular complexity index is 139. The summed E-state index contributed by atoms with van der Waals surface area (Å²) in [5.74, 6) is 0.825. The van der Waals surface area contributed by atoms with Crippen molar-refractivity contribution in [2.75, 3.05) is 32.7 Å². The molecule has 2 heterocycles. The van der Waals surface area contributed by atoms with Crippen LogP contribution in [0, 0.1) is 5.92 Å². The van der Waals surface area contributed by atoms with Crippen molar-refractivity contribution in [2.24, 2.45) is 5.92 Å². The Kier molecular flexibility index (Phi) is 2.63. The van der Waals surface area contributed by atoms with Gasteiger partial charge in [-0.3, -0.25) is 4.90 Å². The molecule has 0 aromatic carbocycles. The molecule has 0 aromatic rings. The molecule has 3 heteroatoms. The van der Waals surface area contributed by atoms with Crippen molar-refractivity contribution in [1.82, 2.24) is 10.2 Å². The molecule has 0 bridgehead atoms. The van der Waals surface area contributed by atoms with E-state index in [9.17, 15) is 0 Å². The Hall–Kier alpha value is -0.120. The van der Waals surface area contributed by atoms with E-state index in [0.717, 1.165) is 19.0 Å². The van der Waals surface area contributed by atoms with Gasteiger partial charge in [0.25, 0.3) is 0 Å². The summed E-state index contributed by atoms with van der Waals surface area (Å²) in [6.07, 6.45) is 2.64. The predicted octanol–water partition coefficient (Wildman–Crippen LogP) is -0.337. The highest BCUT2D eigenvalue weighted by Gasteiger charge is 2.26. The van der Waals surface area contributed by atoms with E-state index in [0.29, 0.717) is 0 Å². The molecular formula is C9H18N2O. The van der Waals surface area contributed by atoms with E-state index in [4.69, 9.17) is 5.11 Å². The van der Waals surface area contributed by atoms with Gasteiger partial charge < -0.3 is 10.4 Å². The van der Waals surface area contributed by atoms with Crippen LogP contribution in [0.1, 0.15) is 12.8 Å². The lowest BCUT2D eigenvalue weighted by Gasteiger charge is -2.39. The highest BCUT2D eigenvalue weighted by atomic mass is 16.3. The molecule has 2 rings (SSSR count). The monoisotopic (exact) mass is 170 g/mol. The summed E-state index contributed by atoms with van der Waals surface area (Å²) in [4.78, 5) is 2.35. The molecule has 0 aromatic heterocycles. The van der Waals surface area contributed by atoms with E-state index < -0.39 is 0 Å². The summed E-state index contributed by atoms with van der Waals surface area (Å²) >= 11 is 0. The molecule has 0 aliphatic carbocycles. The topological polar surface area (TPSA) is 35.5 Å². The molecule has 0 amide bonds. The van der Waals surface area contributed by atoms with Crippen molar-refractivity contribution in [3.05, 3.63) is 0 Å². The van der Waals surface area contributed by atoms with Gasteiger partial charge in [0.05, 0.1) is 6.10 Å². The number of aliphatic hydroxyl groups is 1. The standard InChI is InChI=1S/C9H18N2O/c12-9-6-11(7-9)5-8-2-1-3-10-4-8/h8-10,12H,1-7H2. The van der Waals surface area contributed by atoms with Gasteiger partial charge in [0.15, 0.2) is 0 Å². The molecule has 0 radical (unpaired) electrons. The average Bonchev–Trinajstić information content (AvgIpc) is 2.04. The van der Waals surface area contributed by atoms with Crippen LogP contribution in [0.5, 0.6) is 0 Å². The first kappa shape index (κ1) is 8.48. The number of likely N-dealkylation sites (tertiary alicyclic amines) is 1. The van der Waals surface area contributed by atoms with Gasteiger partial charge in [-0.15, -0.1) is 0 Å². The summed E-state index contributed by atoms with van der Waals surface area (Å²) < 4.78 is 0. The predicted molar refractivity (Wildman–Crippen MR) is 48.0 cm³/mol. The van der Waals surface area contributed by atoms with Crippen molar-refractivity contribution in [2.45, 2.75) is 18.9 Å². The minimum atomic E-state index is -0.0402. The van der Waals surface area contributed by atoms with Crippen molar-refractivity contribution in [1.29, 1.82) is 0 Å². The van der Waals surface area contributed by atoms with Crippen LogP contribution < -0.4 is 5.32 Å². The zero-order chi connectivity index (χ0) is 8.39. The molecule has 0 spiro atoms. The smallest absolute Gasteiger partial charge is 0.0793 e. The Morgan fingerprint density at radius 2 is 2.25 bits per heavy atom. The van der Waals surface area contributed by atoms with E-state index in [-0.39, 0.29) is 6.10 Å². The maximum Gasteiger partial charge on any atom is 0.0793 e. The number of hydrogen-bond donors (Lipinski definition) is 2. The van der Waals surface area contributed by atoms with Gasteiger partial charge in [-0.05, 0) is 31.8 Å². The maximum atomic E-state index is 9.09. The average molecular weight is 170 g/mol. The Morgan fingerprint density at radius 1 is 1.42 bits per heavy atom. The zero-order valence-electron chi connectivity index (χ0n) is 7.50. The molecule has 1 unspecified atom stereocenters.